The van der Waals surface area contributed by atoms with Crippen molar-refractivity contribution in [2.75, 3.05) is 62.3 Å². The Hall–Kier alpha value is -9.02. The third-order valence-corrected chi connectivity index (χ3v) is 14.0. The SMILES string of the molecule is COc1ccc(N(c2ccc(OC)cc2)c2cc(C)c(N(c3cc(C)c(N(c4ccc(OC)cc4)c4ccc(OC)cc4)cc3C)c3cc(C)c(N(c4ccc(OC)cc4)c4ccc(OC)cc4)cc3C)cc2C)cc1. The highest BCUT2D eigenvalue weighted by atomic mass is 16.5. The van der Waals surface area contributed by atoms with Gasteiger partial charge in [0.25, 0.3) is 0 Å². The lowest BCUT2D eigenvalue weighted by atomic mass is 9.98. The summed E-state index contributed by atoms with van der Waals surface area (Å²) >= 11 is 0. The van der Waals surface area contributed by atoms with Crippen LogP contribution in [0.5, 0.6) is 34.5 Å². The van der Waals surface area contributed by atoms with Crippen molar-refractivity contribution in [1.29, 1.82) is 0 Å². The fourth-order valence-corrected chi connectivity index (χ4v) is 9.86. The molecule has 386 valence electrons. The summed E-state index contributed by atoms with van der Waals surface area (Å²) in [6.07, 6.45) is 0. The molecule has 0 atom stereocenters. The van der Waals surface area contributed by atoms with E-state index < -0.39 is 0 Å². The van der Waals surface area contributed by atoms with Gasteiger partial charge in [-0.15, -0.1) is 0 Å². The molecule has 0 fully saturated rings. The van der Waals surface area contributed by atoms with Gasteiger partial charge in [-0.2, -0.15) is 0 Å². The number of nitrogens with zero attached hydrogens (tertiary/aromatic N) is 4. The first-order valence-electron chi connectivity index (χ1n) is 25.2. The predicted octanol–water partition coefficient (Wildman–Crippen LogP) is 17.5. The van der Waals surface area contributed by atoms with Crippen molar-refractivity contribution >= 4 is 68.2 Å². The van der Waals surface area contributed by atoms with Crippen molar-refractivity contribution in [3.05, 3.63) is 215 Å². The summed E-state index contributed by atoms with van der Waals surface area (Å²) in [6.45, 7) is 13.2. The van der Waals surface area contributed by atoms with Gasteiger partial charge in [-0.05, 0) is 257 Å². The van der Waals surface area contributed by atoms with Gasteiger partial charge < -0.3 is 48.0 Å². The fraction of sp³-hybridized carbons (Fsp3) is 0.182. The smallest absolute Gasteiger partial charge is 0.119 e. The molecule has 0 heterocycles. The van der Waals surface area contributed by atoms with Gasteiger partial charge in [-0.1, -0.05) is 0 Å². The molecule has 76 heavy (non-hydrogen) atoms. The van der Waals surface area contributed by atoms with Gasteiger partial charge in [0.15, 0.2) is 0 Å². The normalized spacial score (nSPS) is 10.9. The molecule has 0 aliphatic rings. The van der Waals surface area contributed by atoms with E-state index in [-0.39, 0.29) is 0 Å². The van der Waals surface area contributed by atoms with Gasteiger partial charge in [-0.3, -0.25) is 0 Å². The van der Waals surface area contributed by atoms with Crippen LogP contribution in [-0.4, -0.2) is 42.7 Å². The Morgan fingerprint density at radius 1 is 0.197 bits per heavy atom. The maximum Gasteiger partial charge on any atom is 0.119 e. The monoisotopic (exact) mass is 1010 g/mol. The molecule has 9 aromatic carbocycles. The van der Waals surface area contributed by atoms with Crippen LogP contribution in [0.3, 0.4) is 0 Å². The molecule has 0 unspecified atom stereocenters. The Morgan fingerprint density at radius 2 is 0.329 bits per heavy atom. The van der Waals surface area contributed by atoms with Crippen LogP contribution in [0.4, 0.5) is 68.2 Å². The third-order valence-electron chi connectivity index (χ3n) is 14.0. The lowest BCUT2D eigenvalue weighted by molar-refractivity contribution is 0.414. The average molecular weight is 1010 g/mol. The fourth-order valence-electron chi connectivity index (χ4n) is 9.86. The molecule has 10 nitrogen and oxygen atoms in total. The molecule has 0 N–H and O–H groups in total. The molecular formula is C66H66N4O6. The number of methoxy groups -OCH3 is 6. The molecule has 0 radical (unpaired) electrons. The zero-order valence-electron chi connectivity index (χ0n) is 45.6. The highest BCUT2D eigenvalue weighted by molar-refractivity contribution is 5.91. The zero-order valence-corrected chi connectivity index (χ0v) is 45.6. The second kappa shape index (κ2) is 22.6. The minimum Gasteiger partial charge on any atom is -0.497 e. The maximum absolute atomic E-state index is 5.60. The number of benzene rings is 9. The second-order valence-electron chi connectivity index (χ2n) is 18.8. The first-order valence-corrected chi connectivity index (χ1v) is 25.2. The lowest BCUT2D eigenvalue weighted by Crippen LogP contribution is -2.18. The van der Waals surface area contributed by atoms with Gasteiger partial charge in [-0.25, -0.2) is 0 Å². The summed E-state index contributed by atoms with van der Waals surface area (Å²) in [7, 11) is 10.2. The summed E-state index contributed by atoms with van der Waals surface area (Å²) in [5.41, 5.74) is 18.8. The van der Waals surface area contributed by atoms with E-state index in [1.165, 1.54) is 0 Å². The Labute approximate surface area is 448 Å². The number of rotatable bonds is 18. The minimum absolute atomic E-state index is 0.790. The maximum atomic E-state index is 5.60. The van der Waals surface area contributed by atoms with Crippen molar-refractivity contribution in [3.8, 4) is 34.5 Å². The predicted molar refractivity (Wildman–Crippen MR) is 313 cm³/mol. The molecule has 10 heteroatoms. The molecule has 0 aliphatic carbocycles. The van der Waals surface area contributed by atoms with Gasteiger partial charge in [0, 0.05) is 68.2 Å². The van der Waals surface area contributed by atoms with E-state index in [4.69, 9.17) is 28.4 Å². The largest absolute Gasteiger partial charge is 0.497 e. The van der Waals surface area contributed by atoms with E-state index in [9.17, 15) is 0 Å². The van der Waals surface area contributed by atoms with Crippen molar-refractivity contribution in [2.45, 2.75) is 41.5 Å². The van der Waals surface area contributed by atoms with Gasteiger partial charge >= 0.3 is 0 Å². The lowest BCUT2D eigenvalue weighted by Gasteiger charge is -2.35. The molecule has 9 aromatic rings. The van der Waals surface area contributed by atoms with Crippen LogP contribution in [0.15, 0.2) is 182 Å². The Bertz CT molecular complexity index is 2920. The Balaban J connectivity index is 1.25. The molecule has 0 amide bonds. The van der Waals surface area contributed by atoms with Crippen molar-refractivity contribution in [3.63, 3.8) is 0 Å². The van der Waals surface area contributed by atoms with E-state index >= 15 is 0 Å². The summed E-state index contributed by atoms with van der Waals surface area (Å²) in [6, 6.07) is 63.1. The van der Waals surface area contributed by atoms with Gasteiger partial charge in [0.05, 0.1) is 42.7 Å². The van der Waals surface area contributed by atoms with Gasteiger partial charge in [0.1, 0.15) is 34.5 Å². The Morgan fingerprint density at radius 3 is 0.461 bits per heavy atom. The first kappa shape index (κ1) is 51.9. The average Bonchev–Trinajstić information content (AvgIpc) is 3.45. The highest BCUT2D eigenvalue weighted by Gasteiger charge is 2.27. The Kier molecular flexibility index (Phi) is 15.4. The van der Waals surface area contributed by atoms with Crippen LogP contribution in [0, 0.1) is 41.5 Å². The number of hydrogen-bond donors (Lipinski definition) is 0. The number of anilines is 12. The summed E-state index contributed by atoms with van der Waals surface area (Å²) in [4.78, 5) is 9.34. The number of ether oxygens (including phenoxy) is 6. The topological polar surface area (TPSA) is 68.3 Å². The van der Waals surface area contributed by atoms with Crippen LogP contribution in [-0.2, 0) is 0 Å². The molecule has 9 rings (SSSR count). The number of hydrogen-bond acceptors (Lipinski definition) is 10. The molecule has 0 saturated carbocycles. The van der Waals surface area contributed by atoms with Gasteiger partial charge in [0.2, 0.25) is 0 Å². The van der Waals surface area contributed by atoms with Crippen molar-refractivity contribution < 1.29 is 28.4 Å². The quantitative estimate of drug-likeness (QED) is 0.0830. The van der Waals surface area contributed by atoms with Crippen LogP contribution in [0.2, 0.25) is 0 Å². The molecular weight excluding hydrogens is 945 g/mol. The van der Waals surface area contributed by atoms with E-state index in [2.05, 4.69) is 170 Å². The van der Waals surface area contributed by atoms with E-state index in [0.29, 0.717) is 0 Å². The minimum atomic E-state index is 0.790. The van der Waals surface area contributed by atoms with Crippen molar-refractivity contribution in [2.24, 2.45) is 0 Å². The van der Waals surface area contributed by atoms with Crippen LogP contribution in [0.25, 0.3) is 0 Å². The summed E-state index contributed by atoms with van der Waals surface area (Å²) < 4.78 is 33.6. The second-order valence-corrected chi connectivity index (χ2v) is 18.8. The van der Waals surface area contributed by atoms with Crippen molar-refractivity contribution in [1.82, 2.24) is 0 Å². The zero-order chi connectivity index (χ0) is 53.6. The van der Waals surface area contributed by atoms with E-state index in [0.717, 1.165) is 136 Å². The van der Waals surface area contributed by atoms with E-state index in [1.807, 2.05) is 72.8 Å². The molecule has 0 bridgehead atoms. The summed E-state index contributed by atoms with van der Waals surface area (Å²) in [5.74, 6) is 4.74. The molecule has 0 saturated heterocycles. The van der Waals surface area contributed by atoms with Crippen LogP contribution in [0.1, 0.15) is 33.4 Å². The van der Waals surface area contributed by atoms with Crippen LogP contribution >= 0.6 is 0 Å². The highest BCUT2D eigenvalue weighted by Crippen LogP contribution is 2.49. The molecule has 0 spiro atoms. The van der Waals surface area contributed by atoms with E-state index in [1.54, 1.807) is 42.7 Å². The molecule has 0 aromatic heterocycles. The van der Waals surface area contributed by atoms with Crippen LogP contribution < -0.4 is 48.0 Å². The number of aryl methyl sites for hydroxylation is 6. The first-order chi connectivity index (χ1) is 36.9. The molecule has 0 aliphatic heterocycles. The standard InChI is InChI=1S/C66H66N4O6/c1-43-40-64(46(4)37-61(43)67(49-13-25-55(71-7)26-14-49)50-15-27-56(72-8)28-16-50)70(65-41-44(2)62(38-47(65)5)68(51-17-29-57(73-9)30-18-51)52-19-31-58(74-10)32-20-52)66-42-45(3)63(39-48(66)6)69(53-21-33-59(75-11)34-22-53)54-23-35-60(76-12)36-24-54/h13-42H,1-12H3. The summed E-state index contributed by atoms with van der Waals surface area (Å²) in [5, 5.41) is 0. The third kappa shape index (κ3) is 10.5.